The molecule has 0 unspecified atom stereocenters. The van der Waals surface area contributed by atoms with Gasteiger partial charge in [-0.25, -0.2) is 0 Å². The van der Waals surface area contributed by atoms with Crippen molar-refractivity contribution in [3.05, 3.63) is 48.3 Å². The van der Waals surface area contributed by atoms with Crippen LogP contribution in [-0.4, -0.2) is 4.98 Å². The minimum atomic E-state index is 0.542. The summed E-state index contributed by atoms with van der Waals surface area (Å²) < 4.78 is 0. The first-order chi connectivity index (χ1) is 6.79. The number of benzene rings is 1. The third-order valence-corrected chi connectivity index (χ3v) is 2.44. The molecule has 1 aromatic carbocycles. The lowest BCUT2D eigenvalue weighted by molar-refractivity contribution is 0.835. The van der Waals surface area contributed by atoms with Crippen LogP contribution in [0, 0.1) is 0 Å². The molecule has 14 heavy (non-hydrogen) atoms. The predicted molar refractivity (Wildman–Crippen MR) is 60.3 cm³/mol. The van der Waals surface area contributed by atoms with Gasteiger partial charge in [0.15, 0.2) is 0 Å². The van der Waals surface area contributed by atoms with E-state index in [-0.39, 0.29) is 0 Å². The van der Waals surface area contributed by atoms with Crippen LogP contribution in [0.3, 0.4) is 0 Å². The molecule has 0 atom stereocenters. The van der Waals surface area contributed by atoms with Crippen molar-refractivity contribution >= 4 is 0 Å². The molecule has 0 radical (unpaired) electrons. The number of rotatable bonds is 2. The van der Waals surface area contributed by atoms with Crippen LogP contribution in [0.4, 0.5) is 0 Å². The second-order valence-electron chi connectivity index (χ2n) is 3.83. The number of H-pyrrole nitrogens is 1. The maximum atomic E-state index is 3.30. The van der Waals surface area contributed by atoms with E-state index in [1.807, 2.05) is 12.3 Å². The van der Waals surface area contributed by atoms with Crippen LogP contribution >= 0.6 is 0 Å². The Balaban J connectivity index is 2.47. The summed E-state index contributed by atoms with van der Waals surface area (Å²) in [6.45, 7) is 4.41. The van der Waals surface area contributed by atoms with Crippen LogP contribution < -0.4 is 0 Å². The second-order valence-corrected chi connectivity index (χ2v) is 3.83. The Bertz CT molecular complexity index is 398. The average Bonchev–Trinajstić information content (AvgIpc) is 2.67. The lowest BCUT2D eigenvalue weighted by Crippen LogP contribution is -1.89. The summed E-state index contributed by atoms with van der Waals surface area (Å²) in [6, 6.07) is 12.6. The fourth-order valence-corrected chi connectivity index (χ4v) is 1.73. The maximum Gasteiger partial charge on any atom is 0.0252 e. The van der Waals surface area contributed by atoms with Crippen molar-refractivity contribution in [1.82, 2.24) is 4.98 Å². The Hall–Kier alpha value is -1.50. The van der Waals surface area contributed by atoms with Crippen molar-refractivity contribution in [3.8, 4) is 11.1 Å². The molecular weight excluding hydrogens is 170 g/mol. The summed E-state index contributed by atoms with van der Waals surface area (Å²) >= 11 is 0. The monoisotopic (exact) mass is 185 g/mol. The summed E-state index contributed by atoms with van der Waals surface area (Å²) in [5, 5.41) is 0. The van der Waals surface area contributed by atoms with Gasteiger partial charge in [0.05, 0.1) is 0 Å². The maximum absolute atomic E-state index is 3.30. The van der Waals surface area contributed by atoms with E-state index in [1.165, 1.54) is 16.8 Å². The van der Waals surface area contributed by atoms with Crippen LogP contribution in [0.2, 0.25) is 0 Å². The van der Waals surface area contributed by atoms with Gasteiger partial charge in [0.2, 0.25) is 0 Å². The van der Waals surface area contributed by atoms with Crippen LogP contribution in [0.5, 0.6) is 0 Å². The summed E-state index contributed by atoms with van der Waals surface area (Å²) in [4.78, 5) is 3.30. The molecule has 0 aliphatic heterocycles. The van der Waals surface area contributed by atoms with E-state index < -0.39 is 0 Å². The molecule has 2 rings (SSSR count). The van der Waals surface area contributed by atoms with Gasteiger partial charge in [0, 0.05) is 17.5 Å². The summed E-state index contributed by atoms with van der Waals surface area (Å²) in [5.74, 6) is 0.542. The number of aromatic amines is 1. The van der Waals surface area contributed by atoms with Crippen molar-refractivity contribution < 1.29 is 0 Å². The minimum Gasteiger partial charge on any atom is -0.364 e. The first-order valence-electron chi connectivity index (χ1n) is 5.01. The van der Waals surface area contributed by atoms with Gasteiger partial charge in [-0.05, 0) is 17.5 Å². The van der Waals surface area contributed by atoms with Gasteiger partial charge < -0.3 is 4.98 Å². The first kappa shape index (κ1) is 9.07. The Kier molecular flexibility index (Phi) is 2.40. The highest BCUT2D eigenvalue weighted by Gasteiger charge is 2.08. The Morgan fingerprint density at radius 3 is 2.36 bits per heavy atom. The molecule has 1 heteroatoms. The molecule has 2 aromatic rings. The number of nitrogens with one attached hydrogen (secondary N) is 1. The SMILES string of the molecule is CC(C)c1[nH]ccc1-c1ccccc1. The van der Waals surface area contributed by atoms with Crippen molar-refractivity contribution in [3.63, 3.8) is 0 Å². The summed E-state index contributed by atoms with van der Waals surface area (Å²) in [7, 11) is 0. The predicted octanol–water partition coefficient (Wildman–Crippen LogP) is 3.81. The average molecular weight is 185 g/mol. The van der Waals surface area contributed by atoms with E-state index in [4.69, 9.17) is 0 Å². The second kappa shape index (κ2) is 3.70. The third-order valence-electron chi connectivity index (χ3n) is 2.44. The largest absolute Gasteiger partial charge is 0.364 e. The number of hydrogen-bond acceptors (Lipinski definition) is 0. The van der Waals surface area contributed by atoms with Crippen LogP contribution in [-0.2, 0) is 0 Å². The van der Waals surface area contributed by atoms with Gasteiger partial charge in [0.25, 0.3) is 0 Å². The molecule has 1 N–H and O–H groups in total. The minimum absolute atomic E-state index is 0.542. The molecule has 0 spiro atoms. The topological polar surface area (TPSA) is 15.8 Å². The zero-order valence-electron chi connectivity index (χ0n) is 8.62. The molecule has 72 valence electrons. The molecule has 1 heterocycles. The van der Waals surface area contributed by atoms with E-state index in [2.05, 4.69) is 49.2 Å². The van der Waals surface area contributed by atoms with Gasteiger partial charge in [0.1, 0.15) is 0 Å². The highest BCUT2D eigenvalue weighted by atomic mass is 14.7. The van der Waals surface area contributed by atoms with Crippen molar-refractivity contribution in [1.29, 1.82) is 0 Å². The van der Waals surface area contributed by atoms with Crippen molar-refractivity contribution in [2.45, 2.75) is 19.8 Å². The van der Waals surface area contributed by atoms with E-state index in [9.17, 15) is 0 Å². The Labute approximate surface area is 84.8 Å². The van der Waals surface area contributed by atoms with Gasteiger partial charge in [-0.2, -0.15) is 0 Å². The number of hydrogen-bond donors (Lipinski definition) is 1. The van der Waals surface area contributed by atoms with E-state index in [0.29, 0.717) is 5.92 Å². The normalized spacial score (nSPS) is 10.8. The van der Waals surface area contributed by atoms with Crippen LogP contribution in [0.25, 0.3) is 11.1 Å². The summed E-state index contributed by atoms with van der Waals surface area (Å²) in [5.41, 5.74) is 3.93. The lowest BCUT2D eigenvalue weighted by atomic mass is 10.0. The van der Waals surface area contributed by atoms with E-state index in [0.717, 1.165) is 0 Å². The highest BCUT2D eigenvalue weighted by molar-refractivity contribution is 5.66. The molecule has 0 aliphatic rings. The molecule has 1 nitrogen and oxygen atoms in total. The molecule has 0 bridgehead atoms. The van der Waals surface area contributed by atoms with E-state index >= 15 is 0 Å². The molecule has 0 saturated heterocycles. The van der Waals surface area contributed by atoms with Crippen molar-refractivity contribution in [2.75, 3.05) is 0 Å². The fourth-order valence-electron chi connectivity index (χ4n) is 1.73. The van der Waals surface area contributed by atoms with E-state index in [1.54, 1.807) is 0 Å². The smallest absolute Gasteiger partial charge is 0.0252 e. The number of aromatic nitrogens is 1. The van der Waals surface area contributed by atoms with Gasteiger partial charge in [-0.1, -0.05) is 44.2 Å². The third kappa shape index (κ3) is 1.58. The molecule has 0 amide bonds. The zero-order chi connectivity index (χ0) is 9.97. The van der Waals surface area contributed by atoms with Crippen LogP contribution in [0.1, 0.15) is 25.5 Å². The van der Waals surface area contributed by atoms with Gasteiger partial charge >= 0.3 is 0 Å². The lowest BCUT2D eigenvalue weighted by Gasteiger charge is -2.06. The molecular formula is C13H15N. The fraction of sp³-hybridized carbons (Fsp3) is 0.231. The molecule has 0 fully saturated rings. The molecule has 0 saturated carbocycles. The molecule has 1 aromatic heterocycles. The first-order valence-corrected chi connectivity index (χ1v) is 5.01. The van der Waals surface area contributed by atoms with Crippen LogP contribution in [0.15, 0.2) is 42.6 Å². The summed E-state index contributed by atoms with van der Waals surface area (Å²) in [6.07, 6.45) is 2.01. The highest BCUT2D eigenvalue weighted by Crippen LogP contribution is 2.27. The van der Waals surface area contributed by atoms with Gasteiger partial charge in [-0.15, -0.1) is 0 Å². The Morgan fingerprint density at radius 1 is 1.00 bits per heavy atom. The zero-order valence-corrected chi connectivity index (χ0v) is 8.62. The Morgan fingerprint density at radius 2 is 1.71 bits per heavy atom. The molecule has 0 aliphatic carbocycles. The van der Waals surface area contributed by atoms with Crippen molar-refractivity contribution in [2.24, 2.45) is 0 Å². The standard InChI is InChI=1S/C13H15N/c1-10(2)13-12(8-9-14-13)11-6-4-3-5-7-11/h3-10,14H,1-2H3. The quantitative estimate of drug-likeness (QED) is 0.732. The van der Waals surface area contributed by atoms with Gasteiger partial charge in [-0.3, -0.25) is 0 Å².